The second kappa shape index (κ2) is 6.74. The highest BCUT2D eigenvalue weighted by atomic mass is 35.5. The van der Waals surface area contributed by atoms with Crippen molar-refractivity contribution in [3.8, 4) is 6.07 Å². The van der Waals surface area contributed by atoms with E-state index in [1.165, 1.54) is 25.9 Å². The maximum Gasteiger partial charge on any atom is 0.146 e. The van der Waals surface area contributed by atoms with Crippen molar-refractivity contribution in [2.45, 2.75) is 19.8 Å². The number of hydrogen-bond acceptors (Lipinski definition) is 4. The quantitative estimate of drug-likeness (QED) is 0.920. The average molecular weight is 279 g/mol. The van der Waals surface area contributed by atoms with E-state index in [4.69, 9.17) is 16.9 Å². The summed E-state index contributed by atoms with van der Waals surface area (Å²) in [5, 5.41) is 12.6. The molecule has 0 spiro atoms. The first-order valence-corrected chi connectivity index (χ1v) is 7.13. The van der Waals surface area contributed by atoms with E-state index in [2.05, 4.69) is 28.2 Å². The van der Waals surface area contributed by atoms with Crippen molar-refractivity contribution < 1.29 is 0 Å². The molecule has 2 heterocycles. The van der Waals surface area contributed by atoms with Crippen LogP contribution in [0.4, 0.5) is 5.82 Å². The van der Waals surface area contributed by atoms with Gasteiger partial charge in [0.1, 0.15) is 16.9 Å². The molecule has 5 heteroatoms. The Kier molecular flexibility index (Phi) is 5.00. The van der Waals surface area contributed by atoms with Crippen LogP contribution in [-0.4, -0.2) is 36.1 Å². The normalized spacial score (nSPS) is 17.1. The van der Waals surface area contributed by atoms with Crippen molar-refractivity contribution >= 4 is 17.4 Å². The van der Waals surface area contributed by atoms with E-state index in [1.807, 2.05) is 0 Å². The minimum absolute atomic E-state index is 0.427. The molecule has 0 amide bonds. The third kappa shape index (κ3) is 3.59. The number of halogens is 1. The predicted octanol–water partition coefficient (Wildman–Crippen LogP) is 2.75. The molecule has 2 rings (SSSR count). The van der Waals surface area contributed by atoms with Gasteiger partial charge >= 0.3 is 0 Å². The molecule has 1 fully saturated rings. The Labute approximate surface area is 119 Å². The summed E-state index contributed by atoms with van der Waals surface area (Å²) in [6.07, 6.45) is 4.03. The molecule has 0 saturated carbocycles. The third-order valence-electron chi connectivity index (χ3n) is 3.72. The molecule has 1 N–H and O–H groups in total. The summed E-state index contributed by atoms with van der Waals surface area (Å²) in [5.74, 6) is 1.28. The number of aromatic nitrogens is 1. The first-order valence-electron chi connectivity index (χ1n) is 6.75. The number of nitrogens with one attached hydrogen (secondary N) is 1. The number of pyridine rings is 1. The van der Waals surface area contributed by atoms with Crippen LogP contribution < -0.4 is 5.32 Å². The fraction of sp³-hybridized carbons (Fsp3) is 0.571. The van der Waals surface area contributed by atoms with Crippen molar-refractivity contribution in [1.29, 1.82) is 5.26 Å². The van der Waals surface area contributed by atoms with Crippen molar-refractivity contribution in [2.24, 2.45) is 5.92 Å². The number of nitriles is 1. The van der Waals surface area contributed by atoms with Gasteiger partial charge in [-0.2, -0.15) is 5.26 Å². The van der Waals surface area contributed by atoms with Gasteiger partial charge in [0.2, 0.25) is 0 Å². The molecule has 1 aliphatic heterocycles. The minimum Gasteiger partial charge on any atom is -0.369 e. The van der Waals surface area contributed by atoms with E-state index >= 15 is 0 Å². The molecular formula is C14H19ClN4. The van der Waals surface area contributed by atoms with E-state index < -0.39 is 0 Å². The number of hydrogen-bond donors (Lipinski definition) is 1. The molecule has 0 bridgehead atoms. The zero-order chi connectivity index (χ0) is 13.7. The molecule has 1 aromatic rings. The summed E-state index contributed by atoms with van der Waals surface area (Å²) in [4.78, 5) is 6.67. The minimum atomic E-state index is 0.427. The molecule has 0 aliphatic carbocycles. The van der Waals surface area contributed by atoms with Crippen LogP contribution in [0.25, 0.3) is 0 Å². The zero-order valence-corrected chi connectivity index (χ0v) is 12.0. The predicted molar refractivity (Wildman–Crippen MR) is 77.3 cm³/mol. The Bertz CT molecular complexity index is 461. The van der Waals surface area contributed by atoms with E-state index in [0.29, 0.717) is 22.3 Å². The fourth-order valence-corrected chi connectivity index (χ4v) is 2.62. The second-order valence-electron chi connectivity index (χ2n) is 4.89. The molecule has 4 nitrogen and oxygen atoms in total. The molecule has 0 radical (unpaired) electrons. The Morgan fingerprint density at radius 3 is 2.89 bits per heavy atom. The van der Waals surface area contributed by atoms with E-state index in [-0.39, 0.29) is 0 Å². The van der Waals surface area contributed by atoms with Gasteiger partial charge in [0.15, 0.2) is 0 Å². The highest BCUT2D eigenvalue weighted by Gasteiger charge is 2.18. The lowest BCUT2D eigenvalue weighted by atomic mass is 9.97. The van der Waals surface area contributed by atoms with Gasteiger partial charge in [0.25, 0.3) is 0 Å². The molecule has 0 aromatic carbocycles. The first-order chi connectivity index (χ1) is 9.24. The molecule has 102 valence electrons. The number of rotatable bonds is 4. The summed E-state index contributed by atoms with van der Waals surface area (Å²) in [5.41, 5.74) is 0.472. The van der Waals surface area contributed by atoms with Gasteiger partial charge in [-0.3, -0.25) is 0 Å². The van der Waals surface area contributed by atoms with Crippen LogP contribution in [0.2, 0.25) is 5.02 Å². The largest absolute Gasteiger partial charge is 0.369 e. The lowest BCUT2D eigenvalue weighted by Gasteiger charge is -2.31. The molecule has 0 unspecified atom stereocenters. The van der Waals surface area contributed by atoms with Crippen molar-refractivity contribution in [3.63, 3.8) is 0 Å². The first kappa shape index (κ1) is 14.1. The number of piperidine rings is 1. The van der Waals surface area contributed by atoms with Crippen LogP contribution in [-0.2, 0) is 0 Å². The summed E-state index contributed by atoms with van der Waals surface area (Å²) in [7, 11) is 0. The van der Waals surface area contributed by atoms with Gasteiger partial charge in [0, 0.05) is 12.7 Å². The summed E-state index contributed by atoms with van der Waals surface area (Å²) in [6, 6.07) is 3.70. The monoisotopic (exact) mass is 278 g/mol. The second-order valence-corrected chi connectivity index (χ2v) is 5.27. The Balaban J connectivity index is 1.88. The molecule has 19 heavy (non-hydrogen) atoms. The molecule has 1 aromatic heterocycles. The standard InChI is InChI=1S/C14H19ClN4/c1-2-19-7-4-11(5-8-19)10-18-14-13(15)12(9-16)3-6-17-14/h3,6,11H,2,4-5,7-8,10H2,1H3,(H,17,18). The Hall–Kier alpha value is -1.31. The zero-order valence-electron chi connectivity index (χ0n) is 11.2. The highest BCUT2D eigenvalue weighted by molar-refractivity contribution is 6.34. The van der Waals surface area contributed by atoms with Gasteiger partial charge in [0.05, 0.1) is 5.56 Å². The van der Waals surface area contributed by atoms with Gasteiger partial charge in [-0.1, -0.05) is 18.5 Å². The van der Waals surface area contributed by atoms with Crippen molar-refractivity contribution in [1.82, 2.24) is 9.88 Å². The lowest BCUT2D eigenvalue weighted by molar-refractivity contribution is 0.198. The van der Waals surface area contributed by atoms with Crippen LogP contribution in [0, 0.1) is 17.2 Å². The van der Waals surface area contributed by atoms with E-state index in [1.54, 1.807) is 12.3 Å². The van der Waals surface area contributed by atoms with Crippen LogP contribution in [0.5, 0.6) is 0 Å². The molecular weight excluding hydrogens is 260 g/mol. The third-order valence-corrected chi connectivity index (χ3v) is 4.10. The van der Waals surface area contributed by atoms with Gasteiger partial charge in [-0.25, -0.2) is 4.98 Å². The number of anilines is 1. The lowest BCUT2D eigenvalue weighted by Crippen LogP contribution is -2.35. The molecule has 1 saturated heterocycles. The van der Waals surface area contributed by atoms with Crippen LogP contribution in [0.1, 0.15) is 25.3 Å². The fourth-order valence-electron chi connectivity index (χ4n) is 2.40. The maximum atomic E-state index is 8.92. The van der Waals surface area contributed by atoms with Gasteiger partial charge in [-0.15, -0.1) is 0 Å². The number of nitrogens with zero attached hydrogens (tertiary/aromatic N) is 3. The maximum absolute atomic E-state index is 8.92. The summed E-state index contributed by atoms with van der Waals surface area (Å²) in [6.45, 7) is 6.55. The average Bonchev–Trinajstić information content (AvgIpc) is 2.47. The van der Waals surface area contributed by atoms with Crippen LogP contribution in [0.3, 0.4) is 0 Å². The summed E-state index contributed by atoms with van der Waals surface area (Å²) >= 11 is 6.12. The van der Waals surface area contributed by atoms with Crippen molar-refractivity contribution in [2.75, 3.05) is 31.5 Å². The smallest absolute Gasteiger partial charge is 0.146 e. The van der Waals surface area contributed by atoms with Crippen molar-refractivity contribution in [3.05, 3.63) is 22.8 Å². The van der Waals surface area contributed by atoms with Gasteiger partial charge in [-0.05, 0) is 44.5 Å². The molecule has 0 atom stereocenters. The Morgan fingerprint density at radius 1 is 1.53 bits per heavy atom. The topological polar surface area (TPSA) is 52.0 Å². The number of likely N-dealkylation sites (tertiary alicyclic amines) is 1. The molecule has 1 aliphatic rings. The summed E-state index contributed by atoms with van der Waals surface area (Å²) < 4.78 is 0. The van der Waals surface area contributed by atoms with Crippen LogP contribution in [0.15, 0.2) is 12.3 Å². The Morgan fingerprint density at radius 2 is 2.26 bits per heavy atom. The van der Waals surface area contributed by atoms with Crippen LogP contribution >= 0.6 is 11.6 Å². The van der Waals surface area contributed by atoms with Gasteiger partial charge < -0.3 is 10.2 Å². The highest BCUT2D eigenvalue weighted by Crippen LogP contribution is 2.24. The van der Waals surface area contributed by atoms with E-state index in [0.717, 1.165) is 13.1 Å². The SMILES string of the molecule is CCN1CCC(CNc2nccc(C#N)c2Cl)CC1. The van der Waals surface area contributed by atoms with E-state index in [9.17, 15) is 0 Å².